The molecule has 1 aliphatic carbocycles. The number of hydrogen-bond acceptors (Lipinski definition) is 4. The maximum absolute atomic E-state index is 9.25. The van der Waals surface area contributed by atoms with Gasteiger partial charge in [-0.1, -0.05) is 12.1 Å². The summed E-state index contributed by atoms with van der Waals surface area (Å²) in [5, 5.41) is 9.25. The summed E-state index contributed by atoms with van der Waals surface area (Å²) in [5.74, 6) is 2.05. The first-order chi connectivity index (χ1) is 14.3. The molecule has 1 unspecified atom stereocenters. The monoisotopic (exact) mass is 385 g/mol. The van der Waals surface area contributed by atoms with Gasteiger partial charge in [0.25, 0.3) is 0 Å². The molecule has 3 aliphatic rings. The molecule has 5 rings (SSSR count). The van der Waals surface area contributed by atoms with Crippen LogP contribution in [0.25, 0.3) is 0 Å². The minimum atomic E-state index is 0.376. The van der Waals surface area contributed by atoms with Crippen molar-refractivity contribution in [2.45, 2.75) is 50.6 Å². The first kappa shape index (κ1) is 18.4. The maximum Gasteiger partial charge on any atom is 0.123 e. The SMILES string of the molecule is COc1cccc2c1CN(C1CCC(C3C=Nc4ccc(C#N)cc43)CC1)CC2. The molecular formula is C25H27N3O. The fourth-order valence-corrected chi connectivity index (χ4v) is 5.52. The molecule has 0 radical (unpaired) electrons. The third-order valence-electron chi connectivity index (χ3n) is 7.14. The minimum absolute atomic E-state index is 0.376. The predicted molar refractivity (Wildman–Crippen MR) is 115 cm³/mol. The molecule has 4 heteroatoms. The van der Waals surface area contributed by atoms with Crippen LogP contribution in [-0.4, -0.2) is 30.8 Å². The van der Waals surface area contributed by atoms with Gasteiger partial charge in [0.05, 0.1) is 24.4 Å². The summed E-state index contributed by atoms with van der Waals surface area (Å²) in [6, 6.07) is 15.3. The van der Waals surface area contributed by atoms with Crippen LogP contribution in [0.4, 0.5) is 5.69 Å². The van der Waals surface area contributed by atoms with E-state index in [2.05, 4.69) is 40.4 Å². The lowest BCUT2D eigenvalue weighted by Gasteiger charge is -2.40. The van der Waals surface area contributed by atoms with Crippen molar-refractivity contribution in [1.29, 1.82) is 5.26 Å². The van der Waals surface area contributed by atoms with Crippen LogP contribution in [0.5, 0.6) is 5.75 Å². The number of nitriles is 1. The van der Waals surface area contributed by atoms with Crippen molar-refractivity contribution < 1.29 is 4.74 Å². The highest BCUT2D eigenvalue weighted by Crippen LogP contribution is 2.43. The van der Waals surface area contributed by atoms with Crippen molar-refractivity contribution in [2.24, 2.45) is 10.9 Å². The van der Waals surface area contributed by atoms with Gasteiger partial charge in [-0.2, -0.15) is 5.26 Å². The van der Waals surface area contributed by atoms with E-state index in [4.69, 9.17) is 4.74 Å². The van der Waals surface area contributed by atoms with Crippen LogP contribution in [-0.2, 0) is 13.0 Å². The van der Waals surface area contributed by atoms with E-state index >= 15 is 0 Å². The van der Waals surface area contributed by atoms with Crippen LogP contribution >= 0.6 is 0 Å². The van der Waals surface area contributed by atoms with E-state index in [0.29, 0.717) is 17.9 Å². The number of fused-ring (bicyclic) bond motifs is 2. The molecule has 0 spiro atoms. The van der Waals surface area contributed by atoms with Crippen molar-refractivity contribution in [2.75, 3.05) is 13.7 Å². The molecule has 1 atom stereocenters. The Morgan fingerprint density at radius 2 is 2.00 bits per heavy atom. The topological polar surface area (TPSA) is 48.6 Å². The first-order valence-corrected chi connectivity index (χ1v) is 10.7. The maximum atomic E-state index is 9.25. The second-order valence-electron chi connectivity index (χ2n) is 8.58. The van der Waals surface area contributed by atoms with Gasteiger partial charge in [-0.3, -0.25) is 9.89 Å². The van der Waals surface area contributed by atoms with Gasteiger partial charge in [-0.15, -0.1) is 0 Å². The summed E-state index contributed by atoms with van der Waals surface area (Å²) in [7, 11) is 1.78. The van der Waals surface area contributed by atoms with Crippen LogP contribution in [0, 0.1) is 17.2 Å². The summed E-state index contributed by atoms with van der Waals surface area (Å²) in [4.78, 5) is 7.30. The Bertz CT molecular complexity index is 968. The molecule has 29 heavy (non-hydrogen) atoms. The molecule has 1 saturated carbocycles. The molecule has 4 nitrogen and oxygen atoms in total. The van der Waals surface area contributed by atoms with Gasteiger partial charge in [-0.25, -0.2) is 0 Å². The molecule has 0 N–H and O–H groups in total. The third-order valence-corrected chi connectivity index (χ3v) is 7.14. The molecule has 1 fully saturated rings. The largest absolute Gasteiger partial charge is 0.496 e. The van der Waals surface area contributed by atoms with E-state index in [-0.39, 0.29) is 0 Å². The fourth-order valence-electron chi connectivity index (χ4n) is 5.52. The highest BCUT2D eigenvalue weighted by molar-refractivity contribution is 5.81. The summed E-state index contributed by atoms with van der Waals surface area (Å²) in [6.07, 6.45) is 8.18. The van der Waals surface area contributed by atoms with Crippen molar-refractivity contribution in [3.05, 3.63) is 58.7 Å². The molecule has 0 bridgehead atoms. The summed E-state index contributed by atoms with van der Waals surface area (Å²) < 4.78 is 5.62. The molecule has 0 aromatic heterocycles. The van der Waals surface area contributed by atoms with E-state index in [0.717, 1.165) is 36.5 Å². The second-order valence-corrected chi connectivity index (χ2v) is 8.58. The standard InChI is InChI=1S/C25H27N3O/c1-29-25-4-2-3-18-11-12-28(16-23(18)25)20-8-6-19(7-9-20)22-15-27-24-10-5-17(14-26)13-21(22)24/h2-5,10,13,15,19-20,22H,6-9,11-12,16H2,1H3. The molecule has 2 aromatic rings. The third kappa shape index (κ3) is 3.34. The van der Waals surface area contributed by atoms with Crippen molar-refractivity contribution >= 4 is 11.9 Å². The average Bonchev–Trinajstić information content (AvgIpc) is 3.21. The summed E-state index contributed by atoms with van der Waals surface area (Å²) in [5.41, 5.74) is 5.87. The van der Waals surface area contributed by atoms with Gasteiger partial charge in [0.1, 0.15) is 5.75 Å². The summed E-state index contributed by atoms with van der Waals surface area (Å²) in [6.45, 7) is 2.16. The van der Waals surface area contributed by atoms with Gasteiger partial charge in [-0.05, 0) is 73.4 Å². The van der Waals surface area contributed by atoms with Crippen LogP contribution in [0.15, 0.2) is 41.4 Å². The highest BCUT2D eigenvalue weighted by Gasteiger charge is 2.34. The molecule has 0 amide bonds. The normalized spacial score (nSPS) is 25.9. The Morgan fingerprint density at radius 3 is 2.79 bits per heavy atom. The predicted octanol–water partition coefficient (Wildman–Crippen LogP) is 4.98. The number of methoxy groups -OCH3 is 1. The number of rotatable bonds is 3. The number of ether oxygens (including phenoxy) is 1. The minimum Gasteiger partial charge on any atom is -0.496 e. The lowest BCUT2D eigenvalue weighted by molar-refractivity contribution is 0.120. The Labute approximate surface area is 172 Å². The first-order valence-electron chi connectivity index (χ1n) is 10.7. The van der Waals surface area contributed by atoms with Crippen LogP contribution < -0.4 is 4.74 Å². The van der Waals surface area contributed by atoms with E-state index in [9.17, 15) is 5.26 Å². The van der Waals surface area contributed by atoms with E-state index in [1.54, 1.807) is 7.11 Å². The van der Waals surface area contributed by atoms with E-state index in [1.165, 1.54) is 42.4 Å². The van der Waals surface area contributed by atoms with Crippen molar-refractivity contribution in [3.63, 3.8) is 0 Å². The Balaban J connectivity index is 1.26. The van der Waals surface area contributed by atoms with Gasteiger partial charge in [0, 0.05) is 36.8 Å². The number of aliphatic imine (C=N–C) groups is 1. The van der Waals surface area contributed by atoms with E-state index in [1.807, 2.05) is 18.2 Å². The molecule has 2 heterocycles. The fraction of sp³-hybridized carbons (Fsp3) is 0.440. The zero-order valence-corrected chi connectivity index (χ0v) is 17.0. The van der Waals surface area contributed by atoms with Gasteiger partial charge in [0.2, 0.25) is 0 Å². The van der Waals surface area contributed by atoms with Gasteiger partial charge < -0.3 is 4.74 Å². The number of nitrogens with zero attached hydrogens (tertiary/aromatic N) is 3. The molecule has 148 valence electrons. The smallest absolute Gasteiger partial charge is 0.123 e. The lowest BCUT2D eigenvalue weighted by Crippen LogP contribution is -2.42. The van der Waals surface area contributed by atoms with Crippen molar-refractivity contribution in [1.82, 2.24) is 4.90 Å². The number of benzene rings is 2. The van der Waals surface area contributed by atoms with Gasteiger partial charge >= 0.3 is 0 Å². The molecule has 0 saturated heterocycles. The van der Waals surface area contributed by atoms with Crippen LogP contribution in [0.1, 0.15) is 53.9 Å². The van der Waals surface area contributed by atoms with Crippen LogP contribution in [0.3, 0.4) is 0 Å². The van der Waals surface area contributed by atoms with E-state index < -0.39 is 0 Å². The zero-order chi connectivity index (χ0) is 19.8. The van der Waals surface area contributed by atoms with Gasteiger partial charge in [0.15, 0.2) is 0 Å². The quantitative estimate of drug-likeness (QED) is 0.748. The molecule has 2 aliphatic heterocycles. The Kier molecular flexibility index (Phi) is 4.85. The van der Waals surface area contributed by atoms with Crippen molar-refractivity contribution in [3.8, 4) is 11.8 Å². The average molecular weight is 386 g/mol. The lowest BCUT2D eigenvalue weighted by atomic mass is 9.75. The number of hydrogen-bond donors (Lipinski definition) is 0. The Hall–Kier alpha value is -2.64. The highest BCUT2D eigenvalue weighted by atomic mass is 16.5. The molecular weight excluding hydrogens is 358 g/mol. The zero-order valence-electron chi connectivity index (χ0n) is 17.0. The Morgan fingerprint density at radius 1 is 1.14 bits per heavy atom. The van der Waals surface area contributed by atoms with Crippen LogP contribution in [0.2, 0.25) is 0 Å². The molecule has 2 aromatic carbocycles. The summed E-state index contributed by atoms with van der Waals surface area (Å²) >= 11 is 0. The second kappa shape index (κ2) is 7.65.